The van der Waals surface area contributed by atoms with Gasteiger partial charge in [0, 0.05) is 23.6 Å². The summed E-state index contributed by atoms with van der Waals surface area (Å²) >= 11 is 0. The molecule has 0 aromatic heterocycles. The molecule has 29 heavy (non-hydrogen) atoms. The van der Waals surface area contributed by atoms with Gasteiger partial charge in [-0.15, -0.1) is 0 Å². The van der Waals surface area contributed by atoms with Gasteiger partial charge in [0.25, 0.3) is 0 Å². The van der Waals surface area contributed by atoms with Crippen molar-refractivity contribution in [2.45, 2.75) is 70.3 Å². The number of hydrogen-bond donors (Lipinski definition) is 0. The van der Waals surface area contributed by atoms with Crippen LogP contribution in [0.2, 0.25) is 0 Å². The number of hydrogen-bond acceptors (Lipinski definition) is 4. The lowest BCUT2D eigenvalue weighted by Crippen LogP contribution is -2.49. The Morgan fingerprint density at radius 3 is 2.07 bits per heavy atom. The minimum absolute atomic E-state index is 0.0213. The van der Waals surface area contributed by atoms with E-state index in [-0.39, 0.29) is 35.6 Å². The van der Waals surface area contributed by atoms with Crippen molar-refractivity contribution in [3.05, 3.63) is 29.8 Å². The van der Waals surface area contributed by atoms with Gasteiger partial charge in [-0.2, -0.15) is 13.2 Å². The van der Waals surface area contributed by atoms with Gasteiger partial charge in [0.2, 0.25) is 0 Å². The van der Waals surface area contributed by atoms with Gasteiger partial charge in [-0.1, -0.05) is 0 Å². The summed E-state index contributed by atoms with van der Waals surface area (Å²) < 4.78 is 46.9. The van der Waals surface area contributed by atoms with Crippen LogP contribution in [-0.4, -0.2) is 47.2 Å². The van der Waals surface area contributed by atoms with Crippen LogP contribution in [0.25, 0.3) is 0 Å². The van der Waals surface area contributed by atoms with Gasteiger partial charge in [0.15, 0.2) is 12.4 Å². The van der Waals surface area contributed by atoms with Gasteiger partial charge in [0.05, 0.1) is 0 Å². The summed E-state index contributed by atoms with van der Waals surface area (Å²) in [4.78, 5) is 27.2. The molecule has 0 spiro atoms. The molecule has 2 aliphatic heterocycles. The minimum Gasteiger partial charge on any atom is -0.484 e. The van der Waals surface area contributed by atoms with E-state index in [2.05, 4.69) is 4.74 Å². The lowest BCUT2D eigenvalue weighted by Gasteiger charge is -2.39. The fourth-order valence-electron chi connectivity index (χ4n) is 4.12. The molecule has 2 saturated heterocycles. The standard InChI is InChI=1S/C21H26F3NO4/c1-20(2,3)29-19(27)25-15-6-7-16(25)11-14(10-15)18(26)13-4-8-17(9-5-13)28-12-21(22,23)24/h4-5,8-9,14-16H,6-7,10-12H2,1-3H3. The number of halogens is 3. The van der Waals surface area contributed by atoms with E-state index in [0.29, 0.717) is 18.4 Å². The number of fused-ring (bicyclic) bond motifs is 2. The first-order valence-electron chi connectivity index (χ1n) is 9.78. The molecule has 0 aliphatic carbocycles. The second-order valence-electron chi connectivity index (χ2n) is 8.73. The SMILES string of the molecule is CC(C)(C)OC(=O)N1C2CCC1CC(C(=O)c1ccc(OCC(F)(F)F)cc1)C2. The number of ether oxygens (including phenoxy) is 2. The molecular formula is C21H26F3NO4. The number of carbonyl (C=O) groups excluding carboxylic acids is 2. The summed E-state index contributed by atoms with van der Waals surface area (Å²) in [6, 6.07) is 5.71. The molecule has 2 fully saturated rings. The summed E-state index contributed by atoms with van der Waals surface area (Å²) in [5, 5.41) is 0. The van der Waals surface area contributed by atoms with Crippen LogP contribution >= 0.6 is 0 Å². The van der Waals surface area contributed by atoms with Crippen LogP contribution in [0.5, 0.6) is 5.75 Å². The monoisotopic (exact) mass is 413 g/mol. The molecule has 1 aromatic carbocycles. The molecule has 0 N–H and O–H groups in total. The second kappa shape index (κ2) is 7.88. The summed E-state index contributed by atoms with van der Waals surface area (Å²) in [6.07, 6.45) is -1.91. The number of carbonyl (C=O) groups is 2. The second-order valence-corrected chi connectivity index (χ2v) is 8.73. The van der Waals surface area contributed by atoms with Crippen molar-refractivity contribution in [1.82, 2.24) is 4.90 Å². The van der Waals surface area contributed by atoms with Crippen molar-refractivity contribution >= 4 is 11.9 Å². The molecule has 0 radical (unpaired) electrons. The van der Waals surface area contributed by atoms with Gasteiger partial charge >= 0.3 is 12.3 Å². The van der Waals surface area contributed by atoms with E-state index in [1.54, 1.807) is 4.90 Å². The predicted octanol–water partition coefficient (Wildman–Crippen LogP) is 4.99. The van der Waals surface area contributed by atoms with E-state index in [4.69, 9.17) is 4.74 Å². The summed E-state index contributed by atoms with van der Waals surface area (Å²) in [5.74, 6) is -0.195. The van der Waals surface area contributed by atoms with E-state index in [0.717, 1.165) is 12.8 Å². The Labute approximate surface area is 168 Å². The number of nitrogens with zero attached hydrogens (tertiary/aromatic N) is 1. The topological polar surface area (TPSA) is 55.8 Å². The molecule has 2 heterocycles. The zero-order valence-corrected chi connectivity index (χ0v) is 16.8. The van der Waals surface area contributed by atoms with Crippen molar-refractivity contribution in [2.24, 2.45) is 5.92 Å². The Kier molecular flexibility index (Phi) is 5.83. The fourth-order valence-corrected chi connectivity index (χ4v) is 4.12. The zero-order valence-electron chi connectivity index (χ0n) is 16.8. The maximum Gasteiger partial charge on any atom is 0.422 e. The van der Waals surface area contributed by atoms with Crippen molar-refractivity contribution in [2.75, 3.05) is 6.61 Å². The first-order chi connectivity index (χ1) is 13.4. The number of piperidine rings is 1. The van der Waals surface area contributed by atoms with Crippen molar-refractivity contribution in [3.63, 3.8) is 0 Å². The average Bonchev–Trinajstić information content (AvgIpc) is 2.88. The molecule has 5 nitrogen and oxygen atoms in total. The number of rotatable bonds is 4. The van der Waals surface area contributed by atoms with Crippen LogP contribution in [0.15, 0.2) is 24.3 Å². The van der Waals surface area contributed by atoms with Crippen LogP contribution < -0.4 is 4.74 Å². The largest absolute Gasteiger partial charge is 0.484 e. The molecule has 2 bridgehead atoms. The van der Waals surface area contributed by atoms with Crippen molar-refractivity contribution in [3.8, 4) is 5.75 Å². The third kappa shape index (κ3) is 5.42. The maximum absolute atomic E-state index is 12.9. The first-order valence-corrected chi connectivity index (χ1v) is 9.78. The predicted molar refractivity (Wildman–Crippen MR) is 99.9 cm³/mol. The average molecular weight is 413 g/mol. The van der Waals surface area contributed by atoms with Crippen LogP contribution in [0, 0.1) is 5.92 Å². The lowest BCUT2D eigenvalue weighted by molar-refractivity contribution is -0.153. The van der Waals surface area contributed by atoms with E-state index in [1.807, 2.05) is 20.8 Å². The van der Waals surface area contributed by atoms with Crippen LogP contribution in [-0.2, 0) is 4.74 Å². The Morgan fingerprint density at radius 2 is 1.59 bits per heavy atom. The minimum atomic E-state index is -4.41. The van der Waals surface area contributed by atoms with E-state index >= 15 is 0 Å². The van der Waals surface area contributed by atoms with Crippen LogP contribution in [0.3, 0.4) is 0 Å². The van der Waals surface area contributed by atoms with Gasteiger partial charge in [-0.05, 0) is 70.7 Å². The molecule has 3 rings (SSSR count). The molecule has 0 saturated carbocycles. The smallest absolute Gasteiger partial charge is 0.422 e. The molecule has 2 unspecified atom stereocenters. The molecule has 2 atom stereocenters. The number of Topliss-reactive ketones (excluding diaryl/α,β-unsaturated/α-hetero) is 1. The van der Waals surface area contributed by atoms with E-state index in [1.165, 1.54) is 24.3 Å². The van der Waals surface area contributed by atoms with Gasteiger partial charge in [0.1, 0.15) is 11.4 Å². The third-order valence-electron chi connectivity index (χ3n) is 5.25. The van der Waals surface area contributed by atoms with E-state index < -0.39 is 18.4 Å². The maximum atomic E-state index is 12.9. The number of benzene rings is 1. The van der Waals surface area contributed by atoms with Crippen molar-refractivity contribution in [1.29, 1.82) is 0 Å². The summed E-state index contributed by atoms with van der Waals surface area (Å²) in [7, 11) is 0. The van der Waals surface area contributed by atoms with Gasteiger partial charge in [-0.3, -0.25) is 4.79 Å². The lowest BCUT2D eigenvalue weighted by atomic mass is 9.85. The van der Waals surface area contributed by atoms with Crippen LogP contribution in [0.4, 0.5) is 18.0 Å². The highest BCUT2D eigenvalue weighted by atomic mass is 19.4. The van der Waals surface area contributed by atoms with Crippen molar-refractivity contribution < 1.29 is 32.2 Å². The van der Waals surface area contributed by atoms with Gasteiger partial charge in [-0.25, -0.2) is 4.79 Å². The Bertz CT molecular complexity index is 741. The molecule has 160 valence electrons. The third-order valence-corrected chi connectivity index (χ3v) is 5.25. The summed E-state index contributed by atoms with van der Waals surface area (Å²) in [5.41, 5.74) is -0.126. The number of amides is 1. The van der Waals surface area contributed by atoms with Crippen LogP contribution in [0.1, 0.15) is 56.8 Å². The number of ketones is 1. The Morgan fingerprint density at radius 1 is 1.03 bits per heavy atom. The van der Waals surface area contributed by atoms with E-state index in [9.17, 15) is 22.8 Å². The molecule has 1 aromatic rings. The first kappa shape index (κ1) is 21.5. The highest BCUT2D eigenvalue weighted by Gasteiger charge is 2.46. The molecule has 1 amide bonds. The fraction of sp³-hybridized carbons (Fsp3) is 0.619. The Balaban J connectivity index is 1.62. The molecule has 8 heteroatoms. The molecular weight excluding hydrogens is 387 g/mol. The normalized spacial score (nSPS) is 24.3. The highest BCUT2D eigenvalue weighted by molar-refractivity contribution is 5.98. The summed E-state index contributed by atoms with van der Waals surface area (Å²) in [6.45, 7) is 4.11. The zero-order chi connectivity index (χ0) is 21.4. The quantitative estimate of drug-likeness (QED) is 0.653. The Hall–Kier alpha value is -2.25. The molecule has 2 aliphatic rings. The van der Waals surface area contributed by atoms with Gasteiger partial charge < -0.3 is 14.4 Å². The number of alkyl halides is 3. The highest BCUT2D eigenvalue weighted by Crippen LogP contribution is 2.40.